The van der Waals surface area contributed by atoms with Crippen molar-refractivity contribution in [1.82, 2.24) is 4.90 Å². The van der Waals surface area contributed by atoms with Crippen molar-refractivity contribution < 1.29 is 4.79 Å². The summed E-state index contributed by atoms with van der Waals surface area (Å²) in [5.74, 6) is 0.117. The third kappa shape index (κ3) is 2.62. The molecule has 130 valence electrons. The Morgan fingerprint density at radius 2 is 1.50 bits per heavy atom. The molecule has 0 atom stereocenters. The second-order valence-electron chi connectivity index (χ2n) is 7.53. The summed E-state index contributed by atoms with van der Waals surface area (Å²) in [5, 5.41) is 2.43. The number of hydrogen-bond acceptors (Lipinski definition) is 1. The Morgan fingerprint density at radius 1 is 0.846 bits per heavy atom. The lowest BCUT2D eigenvalue weighted by atomic mass is 9.90. The van der Waals surface area contributed by atoms with Crippen molar-refractivity contribution in [3.63, 3.8) is 0 Å². The van der Waals surface area contributed by atoms with Gasteiger partial charge in [-0.2, -0.15) is 0 Å². The van der Waals surface area contributed by atoms with Gasteiger partial charge in [0.25, 0.3) is 5.91 Å². The number of fused-ring (bicyclic) bond motifs is 1. The van der Waals surface area contributed by atoms with Crippen LogP contribution in [0.2, 0.25) is 0 Å². The van der Waals surface area contributed by atoms with Crippen LogP contribution in [0, 0.1) is 0 Å². The normalized spacial score (nSPS) is 15.2. The van der Waals surface area contributed by atoms with Gasteiger partial charge in [-0.05, 0) is 54.3 Å². The van der Waals surface area contributed by atoms with Crippen LogP contribution in [0.4, 0.5) is 0 Å². The molecular formula is C24H23NO. The van der Waals surface area contributed by atoms with Gasteiger partial charge in [-0.1, -0.05) is 66.7 Å². The first-order valence-electron chi connectivity index (χ1n) is 9.05. The minimum Gasteiger partial charge on any atom is -0.325 e. The monoisotopic (exact) mass is 341 g/mol. The fourth-order valence-corrected chi connectivity index (χ4v) is 3.86. The van der Waals surface area contributed by atoms with Gasteiger partial charge in [0.15, 0.2) is 0 Å². The van der Waals surface area contributed by atoms with Gasteiger partial charge in [-0.3, -0.25) is 4.79 Å². The number of benzene rings is 3. The Hall–Kier alpha value is -2.87. The van der Waals surface area contributed by atoms with Gasteiger partial charge in [0.05, 0.1) is 5.54 Å². The van der Waals surface area contributed by atoms with E-state index in [1.165, 1.54) is 10.8 Å². The van der Waals surface area contributed by atoms with Gasteiger partial charge >= 0.3 is 0 Å². The fourth-order valence-electron chi connectivity index (χ4n) is 3.86. The summed E-state index contributed by atoms with van der Waals surface area (Å²) in [5.41, 5.74) is 3.77. The molecule has 2 heteroatoms. The fraction of sp³-hybridized carbons (Fsp3) is 0.208. The van der Waals surface area contributed by atoms with Crippen LogP contribution in [-0.2, 0) is 10.3 Å². The third-order valence-electron chi connectivity index (χ3n) is 5.47. The van der Waals surface area contributed by atoms with Gasteiger partial charge in [-0.15, -0.1) is 0 Å². The number of amides is 1. The zero-order valence-electron chi connectivity index (χ0n) is 15.5. The van der Waals surface area contributed by atoms with E-state index in [2.05, 4.69) is 63.2 Å². The largest absolute Gasteiger partial charge is 0.325 e. The molecule has 0 saturated carbocycles. The quantitative estimate of drug-likeness (QED) is 0.625. The standard InChI is InChI=1S/C24H23NO/c1-17-16-25(23(26)22(17)19-10-5-4-6-11-19)24(2,3)21-14-13-18-9-7-8-12-20(18)15-21/h4-15H,16H2,1-3H3. The zero-order valence-corrected chi connectivity index (χ0v) is 15.5. The first-order chi connectivity index (χ1) is 12.5. The molecule has 0 bridgehead atoms. The average molecular weight is 341 g/mol. The number of hydrogen-bond donors (Lipinski definition) is 0. The van der Waals surface area contributed by atoms with Crippen LogP contribution >= 0.6 is 0 Å². The van der Waals surface area contributed by atoms with E-state index in [4.69, 9.17) is 0 Å². The summed E-state index contributed by atoms with van der Waals surface area (Å²) in [6, 6.07) is 24.8. The molecule has 26 heavy (non-hydrogen) atoms. The maximum absolute atomic E-state index is 13.3. The molecule has 1 aliphatic heterocycles. The molecule has 0 saturated heterocycles. The summed E-state index contributed by atoms with van der Waals surface area (Å²) in [6.07, 6.45) is 0. The summed E-state index contributed by atoms with van der Waals surface area (Å²) < 4.78 is 0. The van der Waals surface area contributed by atoms with Crippen molar-refractivity contribution in [2.45, 2.75) is 26.3 Å². The minimum atomic E-state index is -0.376. The van der Waals surface area contributed by atoms with E-state index < -0.39 is 0 Å². The molecule has 0 unspecified atom stereocenters. The molecule has 2 nitrogen and oxygen atoms in total. The Kier molecular flexibility index (Phi) is 3.91. The van der Waals surface area contributed by atoms with E-state index in [0.29, 0.717) is 6.54 Å². The van der Waals surface area contributed by atoms with Crippen molar-refractivity contribution in [1.29, 1.82) is 0 Å². The number of carbonyl (C=O) groups is 1. The van der Waals surface area contributed by atoms with E-state index in [1.807, 2.05) is 35.2 Å². The molecule has 0 spiro atoms. The molecule has 4 rings (SSSR count). The number of carbonyl (C=O) groups excluding carboxylic acids is 1. The third-order valence-corrected chi connectivity index (χ3v) is 5.47. The molecule has 0 aromatic heterocycles. The van der Waals surface area contributed by atoms with E-state index in [0.717, 1.165) is 22.3 Å². The Bertz CT molecular complexity index is 1010. The van der Waals surface area contributed by atoms with Crippen LogP contribution in [-0.4, -0.2) is 17.4 Å². The van der Waals surface area contributed by atoms with Crippen molar-refractivity contribution in [2.75, 3.05) is 6.54 Å². The number of nitrogens with zero attached hydrogens (tertiary/aromatic N) is 1. The highest BCUT2D eigenvalue weighted by atomic mass is 16.2. The van der Waals surface area contributed by atoms with Gasteiger partial charge in [0.1, 0.15) is 0 Å². The van der Waals surface area contributed by atoms with E-state index >= 15 is 0 Å². The second-order valence-corrected chi connectivity index (χ2v) is 7.53. The maximum atomic E-state index is 13.3. The zero-order chi connectivity index (χ0) is 18.3. The highest BCUT2D eigenvalue weighted by Crippen LogP contribution is 2.38. The molecular weight excluding hydrogens is 318 g/mol. The van der Waals surface area contributed by atoms with Crippen LogP contribution in [0.3, 0.4) is 0 Å². The van der Waals surface area contributed by atoms with E-state index in [9.17, 15) is 4.79 Å². The van der Waals surface area contributed by atoms with E-state index in [-0.39, 0.29) is 11.4 Å². The van der Waals surface area contributed by atoms with Crippen molar-refractivity contribution >= 4 is 22.3 Å². The Morgan fingerprint density at radius 3 is 2.23 bits per heavy atom. The molecule has 3 aromatic rings. The Labute approximate surface area is 154 Å². The smallest absolute Gasteiger partial charge is 0.255 e. The van der Waals surface area contributed by atoms with Crippen molar-refractivity contribution in [3.8, 4) is 0 Å². The van der Waals surface area contributed by atoms with Gasteiger partial charge in [-0.25, -0.2) is 0 Å². The molecule has 0 aliphatic carbocycles. The van der Waals surface area contributed by atoms with Crippen molar-refractivity contribution in [3.05, 3.63) is 89.5 Å². The summed E-state index contributed by atoms with van der Waals surface area (Å²) in [7, 11) is 0. The average Bonchev–Trinajstić information content (AvgIpc) is 2.97. The molecule has 3 aromatic carbocycles. The molecule has 1 aliphatic rings. The number of rotatable bonds is 3. The molecule has 0 fully saturated rings. The molecule has 1 amide bonds. The van der Waals surface area contributed by atoms with Crippen LogP contribution in [0.15, 0.2) is 78.4 Å². The molecule has 1 heterocycles. The summed E-state index contributed by atoms with van der Waals surface area (Å²) in [6.45, 7) is 7.01. The predicted molar refractivity (Wildman–Crippen MR) is 108 cm³/mol. The van der Waals surface area contributed by atoms with Crippen LogP contribution in [0.5, 0.6) is 0 Å². The van der Waals surface area contributed by atoms with E-state index in [1.54, 1.807) is 0 Å². The van der Waals surface area contributed by atoms with Crippen LogP contribution in [0.25, 0.3) is 16.3 Å². The van der Waals surface area contributed by atoms with Crippen LogP contribution in [0.1, 0.15) is 31.9 Å². The highest BCUT2D eigenvalue weighted by molar-refractivity contribution is 6.22. The maximum Gasteiger partial charge on any atom is 0.255 e. The second kappa shape index (κ2) is 6.14. The van der Waals surface area contributed by atoms with Gasteiger partial charge < -0.3 is 4.90 Å². The molecule has 0 N–H and O–H groups in total. The van der Waals surface area contributed by atoms with Crippen molar-refractivity contribution in [2.24, 2.45) is 0 Å². The lowest BCUT2D eigenvalue weighted by molar-refractivity contribution is -0.128. The van der Waals surface area contributed by atoms with Crippen LogP contribution < -0.4 is 0 Å². The first-order valence-corrected chi connectivity index (χ1v) is 9.05. The lowest BCUT2D eigenvalue weighted by Gasteiger charge is -2.37. The topological polar surface area (TPSA) is 20.3 Å². The first kappa shape index (κ1) is 16.6. The highest BCUT2D eigenvalue weighted by Gasteiger charge is 2.39. The lowest BCUT2D eigenvalue weighted by Crippen LogP contribution is -2.43. The molecule has 0 radical (unpaired) electrons. The summed E-state index contributed by atoms with van der Waals surface area (Å²) >= 11 is 0. The predicted octanol–water partition coefficient (Wildman–Crippen LogP) is 5.39. The van der Waals surface area contributed by atoms with Gasteiger partial charge in [0, 0.05) is 12.1 Å². The Balaban J connectivity index is 1.71. The SMILES string of the molecule is CC1=C(c2ccccc2)C(=O)N(C(C)(C)c2ccc3ccccc3c2)C1. The minimum absolute atomic E-state index is 0.117. The summed E-state index contributed by atoms with van der Waals surface area (Å²) in [4.78, 5) is 15.3. The van der Waals surface area contributed by atoms with Gasteiger partial charge in [0.2, 0.25) is 0 Å².